The Labute approximate surface area is 255 Å². The van der Waals surface area contributed by atoms with Gasteiger partial charge in [-0.1, -0.05) is 87.6 Å². The van der Waals surface area contributed by atoms with Crippen LogP contribution in [0.2, 0.25) is 0 Å². The van der Waals surface area contributed by atoms with E-state index in [1.165, 1.54) is 11.8 Å². The van der Waals surface area contributed by atoms with Crippen molar-refractivity contribution in [2.75, 3.05) is 0 Å². The molecule has 4 aromatic rings. The standard InChI is InChI=1S/C35H30N4OS2/c1-22(2)28-17-24(20-36)18-29(23(3)4)33(28)40-34(30-15-16-32(38-30)41-26-11-7-5-8-12-26)31-19-25(21-37)35(39-31)42-27-13-9-6-10-14-27/h5-19,22-23,38H,1-4H3/b34-31+. The van der Waals surface area contributed by atoms with Crippen LogP contribution in [0.25, 0.3) is 5.76 Å². The lowest BCUT2D eigenvalue weighted by molar-refractivity contribution is 0.487. The molecule has 3 aromatic carbocycles. The molecule has 0 bridgehead atoms. The van der Waals surface area contributed by atoms with Crippen LogP contribution in [0.3, 0.4) is 0 Å². The van der Waals surface area contributed by atoms with Crippen molar-refractivity contribution in [1.82, 2.24) is 4.98 Å². The molecule has 0 atom stereocenters. The maximum atomic E-state index is 10.0. The third-order valence-electron chi connectivity index (χ3n) is 6.64. The van der Waals surface area contributed by atoms with Gasteiger partial charge >= 0.3 is 0 Å². The summed E-state index contributed by atoms with van der Waals surface area (Å²) in [6, 6.07) is 32.5. The van der Waals surface area contributed by atoms with E-state index >= 15 is 0 Å². The van der Waals surface area contributed by atoms with E-state index in [0.29, 0.717) is 27.6 Å². The van der Waals surface area contributed by atoms with E-state index in [0.717, 1.165) is 37.4 Å². The number of aromatic amines is 1. The van der Waals surface area contributed by atoms with E-state index in [4.69, 9.17) is 9.73 Å². The summed E-state index contributed by atoms with van der Waals surface area (Å²) in [5.41, 5.74) is 4.31. The van der Waals surface area contributed by atoms with Gasteiger partial charge in [-0.2, -0.15) is 10.5 Å². The molecule has 1 aliphatic rings. The number of benzene rings is 3. The van der Waals surface area contributed by atoms with E-state index in [9.17, 15) is 10.5 Å². The van der Waals surface area contributed by atoms with E-state index in [2.05, 4.69) is 57.0 Å². The van der Waals surface area contributed by atoms with Gasteiger partial charge in [0.15, 0.2) is 5.76 Å². The topological polar surface area (TPSA) is 85.0 Å². The predicted octanol–water partition coefficient (Wildman–Crippen LogP) is 9.69. The number of ether oxygens (including phenoxy) is 1. The van der Waals surface area contributed by atoms with E-state index in [1.807, 2.05) is 72.8 Å². The van der Waals surface area contributed by atoms with Crippen LogP contribution in [-0.2, 0) is 0 Å². The van der Waals surface area contributed by atoms with Crippen LogP contribution in [0.15, 0.2) is 122 Å². The fraction of sp³-hybridized carbons (Fsp3) is 0.171. The molecule has 1 N–H and O–H groups in total. The summed E-state index contributed by atoms with van der Waals surface area (Å²) in [5.74, 6) is 1.48. The summed E-state index contributed by atoms with van der Waals surface area (Å²) >= 11 is 3.08. The molecule has 5 nitrogen and oxygen atoms in total. The highest BCUT2D eigenvalue weighted by Gasteiger charge is 2.25. The average molecular weight is 587 g/mol. The molecule has 7 heteroatoms. The maximum absolute atomic E-state index is 10.0. The van der Waals surface area contributed by atoms with Crippen molar-refractivity contribution in [2.24, 2.45) is 4.99 Å². The molecule has 1 aromatic heterocycles. The summed E-state index contributed by atoms with van der Waals surface area (Å²) in [5, 5.41) is 21.3. The summed E-state index contributed by atoms with van der Waals surface area (Å²) in [6.07, 6.45) is 1.79. The monoisotopic (exact) mass is 586 g/mol. The Morgan fingerprint density at radius 1 is 0.786 bits per heavy atom. The Balaban J connectivity index is 1.65. The van der Waals surface area contributed by atoms with Gasteiger partial charge < -0.3 is 9.72 Å². The summed E-state index contributed by atoms with van der Waals surface area (Å²) in [4.78, 5) is 10.6. The molecule has 2 heterocycles. The highest BCUT2D eigenvalue weighted by atomic mass is 32.2. The number of nitrogens with zero attached hydrogens (tertiary/aromatic N) is 3. The molecular weight excluding hydrogens is 557 g/mol. The molecule has 0 amide bonds. The average Bonchev–Trinajstić information content (AvgIpc) is 3.63. The van der Waals surface area contributed by atoms with Gasteiger partial charge in [-0.3, -0.25) is 0 Å². The summed E-state index contributed by atoms with van der Waals surface area (Å²) in [6.45, 7) is 8.39. The second-order valence-corrected chi connectivity index (χ2v) is 12.6. The van der Waals surface area contributed by atoms with Gasteiger partial charge in [-0.05, 0) is 77.6 Å². The third kappa shape index (κ3) is 6.55. The number of aromatic nitrogens is 1. The number of aliphatic imine (C=N–C) groups is 1. The molecule has 1 aliphatic heterocycles. The lowest BCUT2D eigenvalue weighted by Crippen LogP contribution is -2.06. The zero-order valence-electron chi connectivity index (χ0n) is 23.9. The smallest absolute Gasteiger partial charge is 0.176 e. The Hall–Kier alpha value is -4.43. The first-order valence-electron chi connectivity index (χ1n) is 13.7. The zero-order valence-corrected chi connectivity index (χ0v) is 25.5. The quantitative estimate of drug-likeness (QED) is 0.208. The van der Waals surface area contributed by atoms with Gasteiger partial charge in [0.25, 0.3) is 0 Å². The number of H-pyrrole nitrogens is 1. The van der Waals surface area contributed by atoms with Crippen molar-refractivity contribution in [3.63, 3.8) is 0 Å². The number of nitriles is 2. The lowest BCUT2D eigenvalue weighted by Gasteiger charge is -2.22. The Kier molecular flexibility index (Phi) is 9.03. The van der Waals surface area contributed by atoms with Crippen LogP contribution in [0.1, 0.15) is 61.9 Å². The van der Waals surface area contributed by atoms with Gasteiger partial charge in [0.1, 0.15) is 22.6 Å². The van der Waals surface area contributed by atoms with Crippen molar-refractivity contribution in [3.8, 4) is 17.9 Å². The minimum absolute atomic E-state index is 0.117. The summed E-state index contributed by atoms with van der Waals surface area (Å²) < 4.78 is 6.88. The molecule has 0 aliphatic carbocycles. The Morgan fingerprint density at radius 2 is 1.38 bits per heavy atom. The van der Waals surface area contributed by atoms with Gasteiger partial charge in [-0.15, -0.1) is 0 Å². The van der Waals surface area contributed by atoms with Crippen molar-refractivity contribution < 1.29 is 4.74 Å². The number of allylic oxidation sites excluding steroid dienone is 1. The van der Waals surface area contributed by atoms with E-state index in [1.54, 1.807) is 17.8 Å². The largest absolute Gasteiger partial charge is 0.452 e. The minimum Gasteiger partial charge on any atom is -0.452 e. The van der Waals surface area contributed by atoms with E-state index < -0.39 is 0 Å². The van der Waals surface area contributed by atoms with Crippen LogP contribution < -0.4 is 4.74 Å². The first-order chi connectivity index (χ1) is 20.4. The number of hydrogen-bond donors (Lipinski definition) is 1. The van der Waals surface area contributed by atoms with Crippen LogP contribution in [0.4, 0.5) is 0 Å². The molecule has 42 heavy (non-hydrogen) atoms. The molecule has 0 radical (unpaired) electrons. The van der Waals surface area contributed by atoms with E-state index in [-0.39, 0.29) is 11.8 Å². The van der Waals surface area contributed by atoms with Gasteiger partial charge in [0.2, 0.25) is 0 Å². The van der Waals surface area contributed by atoms with Crippen LogP contribution in [-0.4, -0.2) is 10.0 Å². The van der Waals surface area contributed by atoms with Crippen LogP contribution in [0.5, 0.6) is 5.75 Å². The summed E-state index contributed by atoms with van der Waals surface area (Å²) in [7, 11) is 0. The highest BCUT2D eigenvalue weighted by Crippen LogP contribution is 2.41. The molecule has 0 unspecified atom stereocenters. The molecule has 0 saturated heterocycles. The molecule has 0 saturated carbocycles. The molecule has 208 valence electrons. The lowest BCUT2D eigenvalue weighted by atomic mass is 9.91. The fourth-order valence-corrected chi connectivity index (χ4v) is 6.24. The number of rotatable bonds is 8. The van der Waals surface area contributed by atoms with Crippen molar-refractivity contribution in [1.29, 1.82) is 10.5 Å². The second kappa shape index (κ2) is 13.0. The molecule has 5 rings (SSSR count). The Morgan fingerprint density at radius 3 is 1.93 bits per heavy atom. The second-order valence-electron chi connectivity index (χ2n) is 10.4. The van der Waals surface area contributed by atoms with Gasteiger partial charge in [0, 0.05) is 9.79 Å². The van der Waals surface area contributed by atoms with Gasteiger partial charge in [0.05, 0.1) is 27.9 Å². The normalized spacial score (nSPS) is 13.9. The first kappa shape index (κ1) is 29.1. The maximum Gasteiger partial charge on any atom is 0.176 e. The molecular formula is C35H30N4OS2. The molecule has 0 spiro atoms. The molecule has 0 fully saturated rings. The number of nitrogens with one attached hydrogen (secondary N) is 1. The Bertz CT molecular complexity index is 1740. The van der Waals surface area contributed by atoms with Crippen molar-refractivity contribution in [2.45, 2.75) is 54.3 Å². The SMILES string of the molecule is CC(C)c1cc(C#N)cc(C(C)C)c1O/C(=C1\C=C(C#N)C(Sc2ccccc2)=N1)c1ccc(Sc2ccccc2)[nH]1. The predicted molar refractivity (Wildman–Crippen MR) is 172 cm³/mol. The number of thioether (sulfide) groups is 1. The highest BCUT2D eigenvalue weighted by molar-refractivity contribution is 8.14. The van der Waals surface area contributed by atoms with Crippen molar-refractivity contribution >= 4 is 34.3 Å². The van der Waals surface area contributed by atoms with Crippen LogP contribution >= 0.6 is 23.5 Å². The fourth-order valence-electron chi connectivity index (χ4n) is 4.52. The zero-order chi connectivity index (χ0) is 29.6. The first-order valence-corrected chi connectivity index (χ1v) is 15.4. The van der Waals surface area contributed by atoms with Crippen molar-refractivity contribution in [3.05, 3.63) is 125 Å². The van der Waals surface area contributed by atoms with Crippen LogP contribution in [0, 0.1) is 22.7 Å². The minimum atomic E-state index is 0.117. The van der Waals surface area contributed by atoms with Gasteiger partial charge in [-0.25, -0.2) is 4.99 Å². The number of hydrogen-bond acceptors (Lipinski definition) is 6. The third-order valence-corrected chi connectivity index (χ3v) is 8.62.